The fourth-order valence-electron chi connectivity index (χ4n) is 3.39. The summed E-state index contributed by atoms with van der Waals surface area (Å²) in [5.74, 6) is -0.609. The summed E-state index contributed by atoms with van der Waals surface area (Å²) in [4.78, 5) is 25.9. The zero-order valence-electron chi connectivity index (χ0n) is 18.0. The van der Waals surface area contributed by atoms with Crippen LogP contribution in [0.25, 0.3) is 0 Å². The van der Waals surface area contributed by atoms with Crippen molar-refractivity contribution in [3.05, 3.63) is 101 Å². The molecule has 0 aromatic heterocycles. The molecular weight excluding hydrogens is 404 g/mol. The zero-order valence-corrected chi connectivity index (χ0v) is 18.0. The Bertz CT molecular complexity index is 1020. The van der Waals surface area contributed by atoms with E-state index in [0.717, 1.165) is 16.7 Å². The first kappa shape index (κ1) is 23.0. The Morgan fingerprint density at radius 2 is 1.44 bits per heavy atom. The molecule has 0 aliphatic heterocycles. The second kappa shape index (κ2) is 11.1. The van der Waals surface area contributed by atoms with Crippen LogP contribution in [0, 0.1) is 6.92 Å². The number of hydrogen-bond donors (Lipinski definition) is 4. The number of amides is 2. The zero-order chi connectivity index (χ0) is 22.9. The van der Waals surface area contributed by atoms with Gasteiger partial charge in [-0.1, -0.05) is 60.2 Å². The van der Waals surface area contributed by atoms with Crippen molar-refractivity contribution in [1.82, 2.24) is 10.6 Å². The van der Waals surface area contributed by atoms with E-state index in [-0.39, 0.29) is 30.6 Å². The fourth-order valence-corrected chi connectivity index (χ4v) is 3.39. The first-order valence-electron chi connectivity index (χ1n) is 10.5. The van der Waals surface area contributed by atoms with E-state index in [1.165, 1.54) is 12.1 Å². The highest BCUT2D eigenvalue weighted by Gasteiger charge is 2.24. The van der Waals surface area contributed by atoms with Gasteiger partial charge in [0.2, 0.25) is 5.91 Å². The van der Waals surface area contributed by atoms with Crippen molar-refractivity contribution in [1.29, 1.82) is 0 Å². The number of carbonyl (C=O) groups excluding carboxylic acids is 2. The highest BCUT2D eigenvalue weighted by Crippen LogP contribution is 2.13. The van der Waals surface area contributed by atoms with Gasteiger partial charge in [0.05, 0.1) is 12.6 Å². The number of aliphatic hydroxyl groups is 1. The van der Waals surface area contributed by atoms with Gasteiger partial charge in [-0.15, -0.1) is 0 Å². The minimum absolute atomic E-state index is 0.127. The number of phenols is 1. The monoisotopic (exact) mass is 432 g/mol. The molecule has 0 heterocycles. The fraction of sp³-hybridized carbons (Fsp3) is 0.231. The number of phenolic OH excluding ortho intramolecular Hbond substituents is 1. The molecule has 0 spiro atoms. The van der Waals surface area contributed by atoms with Gasteiger partial charge in [-0.05, 0) is 48.7 Å². The lowest BCUT2D eigenvalue weighted by molar-refractivity contribution is -0.124. The summed E-state index contributed by atoms with van der Waals surface area (Å²) in [6.45, 7) is 1.71. The minimum Gasteiger partial charge on any atom is -0.508 e. The summed E-state index contributed by atoms with van der Waals surface area (Å²) in [6.07, 6.45) is 0.716. The van der Waals surface area contributed by atoms with Crippen LogP contribution in [0.1, 0.15) is 27.0 Å². The maximum absolute atomic E-state index is 13.1. The van der Waals surface area contributed by atoms with E-state index in [0.29, 0.717) is 12.0 Å². The predicted molar refractivity (Wildman–Crippen MR) is 123 cm³/mol. The van der Waals surface area contributed by atoms with Crippen LogP contribution in [0.2, 0.25) is 0 Å². The number of carbonyl (C=O) groups is 2. The SMILES string of the molecule is Cc1ccc(C(=O)N[C@@H](Cc2ccc(O)cc2)C(=O)N[C@H](CO)Cc2ccccc2)cc1. The van der Waals surface area contributed by atoms with Gasteiger partial charge < -0.3 is 20.8 Å². The first-order valence-corrected chi connectivity index (χ1v) is 10.5. The molecule has 0 unspecified atom stereocenters. The van der Waals surface area contributed by atoms with Crippen molar-refractivity contribution in [3.63, 3.8) is 0 Å². The Kier molecular flexibility index (Phi) is 8.00. The number of rotatable bonds is 9. The van der Waals surface area contributed by atoms with Gasteiger partial charge >= 0.3 is 0 Å². The Morgan fingerprint density at radius 3 is 2.06 bits per heavy atom. The second-order valence-electron chi connectivity index (χ2n) is 7.84. The highest BCUT2D eigenvalue weighted by atomic mass is 16.3. The molecule has 166 valence electrons. The van der Waals surface area contributed by atoms with Gasteiger partial charge in [0.25, 0.3) is 5.91 Å². The molecule has 2 atom stereocenters. The van der Waals surface area contributed by atoms with E-state index in [2.05, 4.69) is 10.6 Å². The molecule has 6 nitrogen and oxygen atoms in total. The summed E-state index contributed by atoms with van der Waals surface area (Å²) < 4.78 is 0. The number of benzene rings is 3. The summed E-state index contributed by atoms with van der Waals surface area (Å²) >= 11 is 0. The number of aromatic hydroxyl groups is 1. The molecule has 0 aliphatic rings. The number of nitrogens with one attached hydrogen (secondary N) is 2. The third-order valence-electron chi connectivity index (χ3n) is 5.20. The molecule has 0 saturated carbocycles. The topological polar surface area (TPSA) is 98.7 Å². The van der Waals surface area contributed by atoms with Crippen LogP contribution in [0.3, 0.4) is 0 Å². The quantitative estimate of drug-likeness (QED) is 0.418. The van der Waals surface area contributed by atoms with Crippen molar-refractivity contribution in [2.75, 3.05) is 6.61 Å². The molecule has 0 fully saturated rings. The molecule has 32 heavy (non-hydrogen) atoms. The van der Waals surface area contributed by atoms with Gasteiger partial charge in [-0.3, -0.25) is 9.59 Å². The van der Waals surface area contributed by atoms with Crippen molar-refractivity contribution < 1.29 is 19.8 Å². The lowest BCUT2D eigenvalue weighted by Gasteiger charge is -2.23. The molecule has 3 aromatic carbocycles. The van der Waals surface area contributed by atoms with Crippen LogP contribution in [0.15, 0.2) is 78.9 Å². The van der Waals surface area contributed by atoms with Crippen LogP contribution < -0.4 is 10.6 Å². The number of aliphatic hydroxyl groups excluding tert-OH is 1. The molecule has 0 bridgehead atoms. The number of hydrogen-bond acceptors (Lipinski definition) is 4. The molecule has 2 amide bonds. The summed E-state index contributed by atoms with van der Waals surface area (Å²) in [6, 6.07) is 21.9. The maximum Gasteiger partial charge on any atom is 0.251 e. The van der Waals surface area contributed by atoms with Crippen molar-refractivity contribution in [2.45, 2.75) is 31.8 Å². The molecular formula is C26H28N2O4. The largest absolute Gasteiger partial charge is 0.508 e. The predicted octanol–water partition coefficient (Wildman–Crippen LogP) is 2.76. The Labute approximate surface area is 187 Å². The molecule has 0 saturated heterocycles. The number of aryl methyl sites for hydroxylation is 1. The van der Waals surface area contributed by atoms with Gasteiger partial charge in [-0.25, -0.2) is 0 Å². The lowest BCUT2D eigenvalue weighted by atomic mass is 10.0. The highest BCUT2D eigenvalue weighted by molar-refractivity contribution is 5.97. The third kappa shape index (κ3) is 6.68. The van der Waals surface area contributed by atoms with Gasteiger partial charge in [0.15, 0.2) is 0 Å². The third-order valence-corrected chi connectivity index (χ3v) is 5.20. The average molecular weight is 433 g/mol. The average Bonchev–Trinajstić information content (AvgIpc) is 2.80. The van der Waals surface area contributed by atoms with E-state index < -0.39 is 12.1 Å². The van der Waals surface area contributed by atoms with E-state index in [1.807, 2.05) is 49.4 Å². The maximum atomic E-state index is 13.1. The van der Waals surface area contributed by atoms with Crippen LogP contribution in [-0.4, -0.2) is 40.7 Å². The smallest absolute Gasteiger partial charge is 0.251 e. The van der Waals surface area contributed by atoms with Crippen LogP contribution in [-0.2, 0) is 17.6 Å². The minimum atomic E-state index is -0.849. The normalized spacial score (nSPS) is 12.6. The lowest BCUT2D eigenvalue weighted by Crippen LogP contribution is -2.52. The molecule has 4 N–H and O–H groups in total. The summed E-state index contributed by atoms with van der Waals surface area (Å²) in [5, 5.41) is 25.0. The van der Waals surface area contributed by atoms with Gasteiger partial charge in [0, 0.05) is 12.0 Å². The van der Waals surface area contributed by atoms with E-state index >= 15 is 0 Å². The molecule has 0 radical (unpaired) electrons. The van der Waals surface area contributed by atoms with Crippen LogP contribution >= 0.6 is 0 Å². The molecule has 3 aromatic rings. The van der Waals surface area contributed by atoms with Crippen LogP contribution in [0.4, 0.5) is 0 Å². The van der Waals surface area contributed by atoms with E-state index in [9.17, 15) is 19.8 Å². The second-order valence-corrected chi connectivity index (χ2v) is 7.84. The van der Waals surface area contributed by atoms with E-state index in [1.54, 1.807) is 24.3 Å². The van der Waals surface area contributed by atoms with Gasteiger partial charge in [0.1, 0.15) is 11.8 Å². The Morgan fingerprint density at radius 1 is 0.812 bits per heavy atom. The molecule has 6 heteroatoms. The van der Waals surface area contributed by atoms with Crippen molar-refractivity contribution >= 4 is 11.8 Å². The van der Waals surface area contributed by atoms with Crippen LogP contribution in [0.5, 0.6) is 5.75 Å². The summed E-state index contributed by atoms with van der Waals surface area (Å²) in [5.41, 5.74) is 3.27. The van der Waals surface area contributed by atoms with Crippen molar-refractivity contribution in [2.24, 2.45) is 0 Å². The standard InChI is InChI=1S/C26H28N2O4/c1-18-7-11-21(12-8-18)25(31)28-24(16-20-9-13-23(30)14-10-20)26(32)27-22(17-29)15-19-5-3-2-4-6-19/h2-14,22,24,29-30H,15-17H2,1H3,(H,27,32)(H,28,31)/t22-,24-/m0/s1. The van der Waals surface area contributed by atoms with Gasteiger partial charge in [-0.2, -0.15) is 0 Å². The first-order chi connectivity index (χ1) is 15.4. The molecule has 3 rings (SSSR count). The summed E-state index contributed by atoms with van der Waals surface area (Å²) in [7, 11) is 0. The van der Waals surface area contributed by atoms with Crippen molar-refractivity contribution in [3.8, 4) is 5.75 Å². The Balaban J connectivity index is 1.74. The Hall–Kier alpha value is -3.64. The van der Waals surface area contributed by atoms with E-state index in [4.69, 9.17) is 0 Å². The molecule has 0 aliphatic carbocycles.